The van der Waals surface area contributed by atoms with E-state index in [1.165, 1.54) is 51.4 Å². The molecule has 0 amide bonds. The third-order valence-electron chi connectivity index (χ3n) is 4.21. The van der Waals surface area contributed by atoms with Gasteiger partial charge in [0.1, 0.15) is 0 Å². The lowest BCUT2D eigenvalue weighted by molar-refractivity contribution is 0.134. The number of hydrogen-bond donors (Lipinski definition) is 0. The predicted octanol–water partition coefficient (Wildman–Crippen LogP) is 4.31. The molecule has 1 saturated carbocycles. The first-order valence-corrected chi connectivity index (χ1v) is 5.96. The molecule has 0 spiro atoms. The van der Waals surface area contributed by atoms with Gasteiger partial charge in [0, 0.05) is 0 Å². The first-order chi connectivity index (χ1) is 6.31. The topological polar surface area (TPSA) is 0 Å². The Labute approximate surface area is 82.4 Å². The average molecular weight is 178 g/mol. The summed E-state index contributed by atoms with van der Waals surface area (Å²) in [5, 5.41) is 0. The van der Waals surface area contributed by atoms with Gasteiger partial charge < -0.3 is 0 Å². The van der Waals surface area contributed by atoms with Crippen molar-refractivity contribution in [2.45, 2.75) is 58.3 Å². The zero-order chi connectivity index (χ0) is 9.15. The van der Waals surface area contributed by atoms with Crippen LogP contribution in [0.3, 0.4) is 0 Å². The molecule has 0 saturated heterocycles. The van der Waals surface area contributed by atoms with E-state index in [-0.39, 0.29) is 0 Å². The van der Waals surface area contributed by atoms with Crippen LogP contribution in [-0.2, 0) is 0 Å². The van der Waals surface area contributed by atoms with Crippen molar-refractivity contribution in [1.29, 1.82) is 0 Å². The summed E-state index contributed by atoms with van der Waals surface area (Å²) in [5.41, 5.74) is 0.662. The van der Waals surface area contributed by atoms with Crippen LogP contribution >= 0.6 is 0 Å². The van der Waals surface area contributed by atoms with Crippen molar-refractivity contribution in [3.63, 3.8) is 0 Å². The fraction of sp³-hybridized carbons (Fsp3) is 0.846. The molecule has 0 nitrogen and oxygen atoms in total. The molecule has 0 aliphatic heterocycles. The molecule has 0 heterocycles. The highest BCUT2D eigenvalue weighted by molar-refractivity contribution is 5.00. The molecule has 0 aromatic rings. The molecule has 0 aromatic heterocycles. The highest BCUT2D eigenvalue weighted by Crippen LogP contribution is 2.45. The molecule has 13 heavy (non-hydrogen) atoms. The quantitative estimate of drug-likeness (QED) is 0.485. The van der Waals surface area contributed by atoms with E-state index in [0.717, 1.165) is 5.92 Å². The maximum atomic E-state index is 2.52. The van der Waals surface area contributed by atoms with Gasteiger partial charge in [0.05, 0.1) is 0 Å². The first-order valence-electron chi connectivity index (χ1n) is 5.96. The summed E-state index contributed by atoms with van der Waals surface area (Å²) in [5.74, 6) is 0.998. The van der Waals surface area contributed by atoms with Crippen molar-refractivity contribution in [2.24, 2.45) is 11.3 Å². The summed E-state index contributed by atoms with van der Waals surface area (Å²) in [6.07, 6.45) is 16.4. The molecule has 2 aliphatic rings. The third-order valence-corrected chi connectivity index (χ3v) is 4.21. The fourth-order valence-corrected chi connectivity index (χ4v) is 3.11. The van der Waals surface area contributed by atoms with Crippen LogP contribution in [0.25, 0.3) is 0 Å². The highest BCUT2D eigenvalue weighted by atomic mass is 14.4. The number of fused-ring (bicyclic) bond motifs is 1. The van der Waals surface area contributed by atoms with Gasteiger partial charge in [-0.1, -0.05) is 44.8 Å². The van der Waals surface area contributed by atoms with Gasteiger partial charge in [-0.15, -0.1) is 0 Å². The Hall–Kier alpha value is -0.260. The van der Waals surface area contributed by atoms with Crippen molar-refractivity contribution in [2.75, 3.05) is 0 Å². The summed E-state index contributed by atoms with van der Waals surface area (Å²) in [4.78, 5) is 0. The van der Waals surface area contributed by atoms with Gasteiger partial charge in [-0.2, -0.15) is 0 Å². The van der Waals surface area contributed by atoms with Crippen LogP contribution in [0.15, 0.2) is 12.2 Å². The minimum atomic E-state index is 0.662. The molecular weight excluding hydrogens is 156 g/mol. The van der Waals surface area contributed by atoms with Gasteiger partial charge >= 0.3 is 0 Å². The number of allylic oxidation sites excluding steroid dienone is 2. The molecule has 0 aromatic carbocycles. The van der Waals surface area contributed by atoms with Gasteiger partial charge in [-0.3, -0.25) is 0 Å². The second-order valence-corrected chi connectivity index (χ2v) is 5.22. The van der Waals surface area contributed by atoms with Crippen molar-refractivity contribution in [3.05, 3.63) is 12.2 Å². The minimum absolute atomic E-state index is 0.662. The molecule has 0 radical (unpaired) electrons. The van der Waals surface area contributed by atoms with Crippen molar-refractivity contribution >= 4 is 0 Å². The third kappa shape index (κ3) is 1.98. The highest BCUT2D eigenvalue weighted by Gasteiger charge is 2.34. The molecule has 0 heteroatoms. The SMILES string of the molecule is CC12CC=CCC1CCCCCC2. The summed E-state index contributed by atoms with van der Waals surface area (Å²) in [6, 6.07) is 0. The summed E-state index contributed by atoms with van der Waals surface area (Å²) < 4.78 is 0. The van der Waals surface area contributed by atoms with E-state index in [1.807, 2.05) is 0 Å². The maximum Gasteiger partial charge on any atom is -0.0260 e. The van der Waals surface area contributed by atoms with Gasteiger partial charge in [0.25, 0.3) is 0 Å². The Morgan fingerprint density at radius 3 is 2.85 bits per heavy atom. The summed E-state index contributed by atoms with van der Waals surface area (Å²) in [6.45, 7) is 2.52. The molecule has 74 valence electrons. The predicted molar refractivity (Wildman–Crippen MR) is 57.7 cm³/mol. The lowest BCUT2D eigenvalue weighted by Crippen LogP contribution is -2.29. The lowest BCUT2D eigenvalue weighted by atomic mass is 9.64. The van der Waals surface area contributed by atoms with Crippen LogP contribution in [0, 0.1) is 11.3 Å². The van der Waals surface area contributed by atoms with E-state index in [2.05, 4.69) is 19.1 Å². The molecule has 2 rings (SSSR count). The van der Waals surface area contributed by atoms with E-state index in [4.69, 9.17) is 0 Å². The Balaban J connectivity index is 2.08. The second kappa shape index (κ2) is 3.86. The zero-order valence-corrected chi connectivity index (χ0v) is 8.89. The normalized spacial score (nSPS) is 40.5. The smallest absolute Gasteiger partial charge is 0.0260 e. The van der Waals surface area contributed by atoms with Crippen LogP contribution in [0.2, 0.25) is 0 Å². The fourth-order valence-electron chi connectivity index (χ4n) is 3.11. The number of rotatable bonds is 0. The van der Waals surface area contributed by atoms with E-state index in [1.54, 1.807) is 0 Å². The van der Waals surface area contributed by atoms with Crippen LogP contribution in [-0.4, -0.2) is 0 Å². The Morgan fingerprint density at radius 1 is 1.08 bits per heavy atom. The van der Waals surface area contributed by atoms with E-state index < -0.39 is 0 Å². The molecular formula is C13H22. The van der Waals surface area contributed by atoms with E-state index in [0.29, 0.717) is 5.41 Å². The Kier molecular flexibility index (Phi) is 2.76. The van der Waals surface area contributed by atoms with Crippen LogP contribution < -0.4 is 0 Å². The first kappa shape index (κ1) is 9.30. The molecule has 2 unspecified atom stereocenters. The molecule has 2 aliphatic carbocycles. The Bertz CT molecular complexity index is 192. The number of hydrogen-bond acceptors (Lipinski definition) is 0. The standard InChI is InChI=1S/C13H22/c1-13-10-6-3-2-4-8-12(13)9-5-7-11-13/h5,7,12H,2-4,6,8-11H2,1H3. The second-order valence-electron chi connectivity index (χ2n) is 5.22. The van der Waals surface area contributed by atoms with E-state index in [9.17, 15) is 0 Å². The van der Waals surface area contributed by atoms with Crippen molar-refractivity contribution < 1.29 is 0 Å². The van der Waals surface area contributed by atoms with Gasteiger partial charge in [-0.25, -0.2) is 0 Å². The molecule has 0 bridgehead atoms. The summed E-state index contributed by atoms with van der Waals surface area (Å²) in [7, 11) is 0. The van der Waals surface area contributed by atoms with Crippen LogP contribution in [0.1, 0.15) is 58.3 Å². The van der Waals surface area contributed by atoms with Gasteiger partial charge in [0.15, 0.2) is 0 Å². The zero-order valence-electron chi connectivity index (χ0n) is 8.89. The summed E-state index contributed by atoms with van der Waals surface area (Å²) >= 11 is 0. The molecule has 1 fully saturated rings. The van der Waals surface area contributed by atoms with E-state index >= 15 is 0 Å². The Morgan fingerprint density at radius 2 is 1.92 bits per heavy atom. The molecule has 0 N–H and O–H groups in total. The monoisotopic (exact) mass is 178 g/mol. The van der Waals surface area contributed by atoms with Crippen LogP contribution in [0.4, 0.5) is 0 Å². The average Bonchev–Trinajstić information content (AvgIpc) is 2.09. The van der Waals surface area contributed by atoms with Gasteiger partial charge in [-0.05, 0) is 37.0 Å². The largest absolute Gasteiger partial charge is 0.0882 e. The van der Waals surface area contributed by atoms with Crippen molar-refractivity contribution in [1.82, 2.24) is 0 Å². The maximum absolute atomic E-state index is 2.52. The lowest BCUT2D eigenvalue weighted by Gasteiger charge is -2.41. The van der Waals surface area contributed by atoms with Crippen molar-refractivity contribution in [3.8, 4) is 0 Å². The molecule has 2 atom stereocenters. The minimum Gasteiger partial charge on any atom is -0.0882 e. The van der Waals surface area contributed by atoms with Gasteiger partial charge in [0.2, 0.25) is 0 Å². The van der Waals surface area contributed by atoms with Crippen LogP contribution in [0.5, 0.6) is 0 Å².